The molecule has 0 rings (SSSR count). The molecule has 3 nitrogen and oxygen atoms in total. The molecule has 2 unspecified atom stereocenters. The van der Waals surface area contributed by atoms with Gasteiger partial charge in [-0.15, -0.1) is 6.42 Å². The minimum Gasteiger partial charge on any atom is -0.443 e. The normalized spacial score (nSPS) is 15.7. The van der Waals surface area contributed by atoms with Crippen molar-refractivity contribution in [3.05, 3.63) is 0 Å². The number of terminal acetylenes is 1. The summed E-state index contributed by atoms with van der Waals surface area (Å²) in [4.78, 5) is 11.7. The summed E-state index contributed by atoms with van der Waals surface area (Å²) in [5.41, 5.74) is -0.434. The minimum absolute atomic E-state index is 0.205. The highest BCUT2D eigenvalue weighted by Crippen LogP contribution is 2.31. The lowest BCUT2D eigenvalue weighted by Gasteiger charge is -2.34. The van der Waals surface area contributed by atoms with Gasteiger partial charge in [0, 0.05) is 0 Å². The van der Waals surface area contributed by atoms with Crippen molar-refractivity contribution in [2.75, 3.05) is 6.54 Å². The molecule has 2 atom stereocenters. The predicted molar refractivity (Wildman–Crippen MR) is 79.8 cm³/mol. The van der Waals surface area contributed by atoms with Crippen LogP contribution in [-0.4, -0.2) is 18.2 Å². The Hall–Kier alpha value is -1.17. The van der Waals surface area contributed by atoms with Gasteiger partial charge in [-0.05, 0) is 37.5 Å². The lowest BCUT2D eigenvalue weighted by atomic mass is 9.81. The van der Waals surface area contributed by atoms with E-state index in [1.807, 2.05) is 6.92 Å². The summed E-state index contributed by atoms with van der Waals surface area (Å²) in [6.45, 7) is 13.1. The highest BCUT2D eigenvalue weighted by Gasteiger charge is 2.32. The molecule has 0 heterocycles. The van der Waals surface area contributed by atoms with Crippen LogP contribution in [0.1, 0.15) is 54.4 Å². The molecule has 0 bridgehead atoms. The maximum Gasteiger partial charge on any atom is 0.408 e. The van der Waals surface area contributed by atoms with Gasteiger partial charge in [-0.1, -0.05) is 40.5 Å². The van der Waals surface area contributed by atoms with Crippen LogP contribution in [0.2, 0.25) is 0 Å². The summed E-state index contributed by atoms with van der Waals surface area (Å²) in [5.74, 6) is 3.93. The van der Waals surface area contributed by atoms with Crippen molar-refractivity contribution in [2.45, 2.75) is 60.0 Å². The number of ether oxygens (including phenoxy) is 1. The summed E-state index contributed by atoms with van der Waals surface area (Å²) in [7, 11) is 0. The van der Waals surface area contributed by atoms with Crippen molar-refractivity contribution in [2.24, 2.45) is 17.8 Å². The van der Waals surface area contributed by atoms with Crippen molar-refractivity contribution in [1.29, 1.82) is 0 Å². The molecule has 1 N–H and O–H groups in total. The van der Waals surface area contributed by atoms with E-state index in [1.165, 1.54) is 0 Å². The zero-order valence-corrected chi connectivity index (χ0v) is 13.2. The highest BCUT2D eigenvalue weighted by atomic mass is 16.6. The van der Waals surface area contributed by atoms with E-state index in [0.717, 1.165) is 12.8 Å². The second-order valence-electron chi connectivity index (χ2n) is 6.42. The van der Waals surface area contributed by atoms with E-state index < -0.39 is 11.7 Å². The Balaban J connectivity index is 4.68. The molecule has 0 fully saturated rings. The molecule has 3 heteroatoms. The highest BCUT2D eigenvalue weighted by molar-refractivity contribution is 5.68. The third-order valence-corrected chi connectivity index (χ3v) is 3.41. The smallest absolute Gasteiger partial charge is 0.408 e. The van der Waals surface area contributed by atoms with Crippen LogP contribution in [0.5, 0.6) is 0 Å². The van der Waals surface area contributed by atoms with Crippen LogP contribution < -0.4 is 5.32 Å². The fourth-order valence-electron chi connectivity index (χ4n) is 2.33. The number of rotatable bonds is 7. The number of alkyl carbamates (subject to hydrolysis) is 1. The Labute approximate surface area is 118 Å². The van der Waals surface area contributed by atoms with Crippen molar-refractivity contribution < 1.29 is 9.53 Å². The Bertz CT molecular complexity index is 317. The SMILES string of the molecule is C#CCNC(=O)OC(C)(CC(C)C)CC(C)C(C)C. The topological polar surface area (TPSA) is 38.3 Å². The first kappa shape index (κ1) is 17.8. The number of carbonyl (C=O) groups is 1. The van der Waals surface area contributed by atoms with Gasteiger partial charge in [-0.3, -0.25) is 0 Å². The van der Waals surface area contributed by atoms with Crippen LogP contribution in [0.3, 0.4) is 0 Å². The van der Waals surface area contributed by atoms with Crippen molar-refractivity contribution in [3.8, 4) is 12.3 Å². The van der Waals surface area contributed by atoms with E-state index in [0.29, 0.717) is 17.8 Å². The summed E-state index contributed by atoms with van der Waals surface area (Å²) in [5, 5.41) is 2.57. The maximum atomic E-state index is 11.7. The van der Waals surface area contributed by atoms with E-state index in [2.05, 4.69) is 45.9 Å². The van der Waals surface area contributed by atoms with Gasteiger partial charge in [0.05, 0.1) is 6.54 Å². The third kappa shape index (κ3) is 7.77. The molecule has 0 saturated heterocycles. The van der Waals surface area contributed by atoms with Crippen LogP contribution in [0, 0.1) is 30.1 Å². The molecule has 0 aliphatic rings. The van der Waals surface area contributed by atoms with Gasteiger partial charge >= 0.3 is 6.09 Å². The molecule has 0 aliphatic carbocycles. The number of hydrogen-bond acceptors (Lipinski definition) is 2. The number of amides is 1. The van der Waals surface area contributed by atoms with E-state index in [1.54, 1.807) is 0 Å². The van der Waals surface area contributed by atoms with Crippen LogP contribution >= 0.6 is 0 Å². The molecular formula is C16H29NO2. The fourth-order valence-corrected chi connectivity index (χ4v) is 2.33. The fraction of sp³-hybridized carbons (Fsp3) is 0.812. The maximum absolute atomic E-state index is 11.7. The van der Waals surface area contributed by atoms with Gasteiger partial charge in [0.25, 0.3) is 0 Å². The second-order valence-corrected chi connectivity index (χ2v) is 6.42. The van der Waals surface area contributed by atoms with Crippen LogP contribution in [-0.2, 0) is 4.74 Å². The van der Waals surface area contributed by atoms with E-state index in [9.17, 15) is 4.79 Å². The van der Waals surface area contributed by atoms with Crippen LogP contribution in [0.4, 0.5) is 4.79 Å². The van der Waals surface area contributed by atoms with Gasteiger partial charge < -0.3 is 10.1 Å². The standard InChI is InChI=1S/C16H29NO2/c1-8-9-17-15(18)19-16(7,10-12(2)3)11-14(6)13(4)5/h1,12-14H,9-11H2,2-7H3,(H,17,18). The Morgan fingerprint density at radius 1 is 1.26 bits per heavy atom. The van der Waals surface area contributed by atoms with Crippen LogP contribution in [0.25, 0.3) is 0 Å². The zero-order valence-electron chi connectivity index (χ0n) is 13.2. The average molecular weight is 267 g/mol. The first-order valence-corrected chi connectivity index (χ1v) is 7.10. The first-order valence-electron chi connectivity index (χ1n) is 7.10. The Morgan fingerprint density at radius 3 is 2.26 bits per heavy atom. The minimum atomic E-state index is -0.434. The molecule has 0 spiro atoms. The molecule has 0 aliphatic heterocycles. The summed E-state index contributed by atoms with van der Waals surface area (Å²) >= 11 is 0. The van der Waals surface area contributed by atoms with Crippen molar-refractivity contribution >= 4 is 6.09 Å². The van der Waals surface area contributed by atoms with E-state index >= 15 is 0 Å². The summed E-state index contributed by atoms with van der Waals surface area (Å²) < 4.78 is 5.63. The molecular weight excluding hydrogens is 238 g/mol. The van der Waals surface area contributed by atoms with E-state index in [-0.39, 0.29) is 6.54 Å². The van der Waals surface area contributed by atoms with Gasteiger partial charge in [0.1, 0.15) is 5.60 Å². The third-order valence-electron chi connectivity index (χ3n) is 3.41. The molecule has 0 aromatic carbocycles. The quantitative estimate of drug-likeness (QED) is 0.712. The van der Waals surface area contributed by atoms with Gasteiger partial charge in [0.15, 0.2) is 0 Å². The molecule has 19 heavy (non-hydrogen) atoms. The average Bonchev–Trinajstić information content (AvgIpc) is 2.24. The lowest BCUT2D eigenvalue weighted by molar-refractivity contribution is -0.0103. The Morgan fingerprint density at radius 2 is 1.84 bits per heavy atom. The number of hydrogen-bond donors (Lipinski definition) is 1. The van der Waals surface area contributed by atoms with Gasteiger partial charge in [-0.25, -0.2) is 4.79 Å². The zero-order chi connectivity index (χ0) is 15.1. The molecule has 1 amide bonds. The van der Waals surface area contributed by atoms with Crippen molar-refractivity contribution in [1.82, 2.24) is 5.32 Å². The molecule has 0 radical (unpaired) electrons. The Kier molecular flexibility index (Phi) is 7.59. The number of carbonyl (C=O) groups excluding carboxylic acids is 1. The summed E-state index contributed by atoms with van der Waals surface area (Å²) in [6.07, 6.45) is 6.42. The molecule has 110 valence electrons. The summed E-state index contributed by atoms with van der Waals surface area (Å²) in [6, 6.07) is 0. The molecule has 0 aromatic heterocycles. The van der Waals surface area contributed by atoms with Gasteiger partial charge in [-0.2, -0.15) is 0 Å². The van der Waals surface area contributed by atoms with E-state index in [4.69, 9.17) is 11.2 Å². The van der Waals surface area contributed by atoms with Gasteiger partial charge in [0.2, 0.25) is 0 Å². The largest absolute Gasteiger partial charge is 0.443 e. The predicted octanol–water partition coefficient (Wildman–Crippen LogP) is 3.83. The van der Waals surface area contributed by atoms with Crippen LogP contribution in [0.15, 0.2) is 0 Å². The lowest BCUT2D eigenvalue weighted by Crippen LogP contribution is -2.40. The second kappa shape index (κ2) is 8.09. The number of nitrogens with one attached hydrogen (secondary N) is 1. The molecule has 0 aromatic rings. The monoisotopic (exact) mass is 267 g/mol. The molecule has 0 saturated carbocycles. The first-order chi connectivity index (χ1) is 8.70. The van der Waals surface area contributed by atoms with Crippen molar-refractivity contribution in [3.63, 3.8) is 0 Å².